The van der Waals surface area contributed by atoms with Crippen LogP contribution in [0.1, 0.15) is 29.8 Å². The summed E-state index contributed by atoms with van der Waals surface area (Å²) in [5.41, 5.74) is 1.19. The molecule has 0 heterocycles. The summed E-state index contributed by atoms with van der Waals surface area (Å²) in [6.07, 6.45) is -0.0233. The van der Waals surface area contributed by atoms with Crippen molar-refractivity contribution in [3.63, 3.8) is 0 Å². The van der Waals surface area contributed by atoms with E-state index >= 15 is 0 Å². The normalized spacial score (nSPS) is 10.6. The van der Waals surface area contributed by atoms with Gasteiger partial charge in [0.1, 0.15) is 11.6 Å². The van der Waals surface area contributed by atoms with Crippen LogP contribution in [0.3, 0.4) is 0 Å². The zero-order valence-electron chi connectivity index (χ0n) is 12.4. The van der Waals surface area contributed by atoms with Gasteiger partial charge in [0.2, 0.25) is 0 Å². The Hall–Kier alpha value is -2.07. The highest BCUT2D eigenvalue weighted by Crippen LogP contribution is 2.20. The van der Waals surface area contributed by atoms with E-state index in [0.717, 1.165) is 5.56 Å². The van der Waals surface area contributed by atoms with Gasteiger partial charge in [-0.2, -0.15) is 0 Å². The molecule has 116 valence electrons. The SMILES string of the molecule is CC(C)Oc1ccccc1C(=O)NCc1ccc(F)c(Cl)c1. The van der Waals surface area contributed by atoms with Gasteiger partial charge in [-0.25, -0.2) is 4.39 Å². The maximum atomic E-state index is 13.1. The Bertz CT molecular complexity index is 673. The molecule has 0 fully saturated rings. The van der Waals surface area contributed by atoms with Crippen LogP contribution in [-0.4, -0.2) is 12.0 Å². The quantitative estimate of drug-likeness (QED) is 0.896. The number of amides is 1. The van der Waals surface area contributed by atoms with Crippen molar-refractivity contribution < 1.29 is 13.9 Å². The number of halogens is 2. The van der Waals surface area contributed by atoms with Gasteiger partial charge in [0.25, 0.3) is 5.91 Å². The van der Waals surface area contributed by atoms with Crippen molar-refractivity contribution >= 4 is 17.5 Å². The van der Waals surface area contributed by atoms with E-state index in [9.17, 15) is 9.18 Å². The van der Waals surface area contributed by atoms with Crippen molar-refractivity contribution in [1.82, 2.24) is 5.32 Å². The molecule has 0 radical (unpaired) electrons. The lowest BCUT2D eigenvalue weighted by molar-refractivity contribution is 0.0945. The monoisotopic (exact) mass is 321 g/mol. The molecule has 1 N–H and O–H groups in total. The predicted octanol–water partition coefficient (Wildman–Crippen LogP) is 4.20. The molecule has 0 spiro atoms. The van der Waals surface area contributed by atoms with Crippen molar-refractivity contribution in [2.24, 2.45) is 0 Å². The molecule has 1 amide bonds. The lowest BCUT2D eigenvalue weighted by Gasteiger charge is -2.14. The number of para-hydroxylation sites is 1. The first-order valence-corrected chi connectivity index (χ1v) is 7.33. The lowest BCUT2D eigenvalue weighted by atomic mass is 10.1. The second-order valence-corrected chi connectivity index (χ2v) is 5.50. The van der Waals surface area contributed by atoms with Gasteiger partial charge in [-0.3, -0.25) is 4.79 Å². The lowest BCUT2D eigenvalue weighted by Crippen LogP contribution is -2.24. The molecule has 5 heteroatoms. The Morgan fingerprint density at radius 3 is 2.68 bits per heavy atom. The zero-order valence-corrected chi connectivity index (χ0v) is 13.2. The molecule has 0 unspecified atom stereocenters. The van der Waals surface area contributed by atoms with Crippen LogP contribution in [0.2, 0.25) is 5.02 Å². The molecule has 0 aliphatic heterocycles. The van der Waals surface area contributed by atoms with Crippen LogP contribution in [0.15, 0.2) is 42.5 Å². The van der Waals surface area contributed by atoms with Crippen LogP contribution in [0, 0.1) is 5.82 Å². The summed E-state index contributed by atoms with van der Waals surface area (Å²) in [5, 5.41) is 2.81. The van der Waals surface area contributed by atoms with Crippen LogP contribution in [0.5, 0.6) is 5.75 Å². The summed E-state index contributed by atoms with van der Waals surface area (Å²) >= 11 is 5.72. The van der Waals surface area contributed by atoms with Crippen molar-refractivity contribution in [1.29, 1.82) is 0 Å². The minimum Gasteiger partial charge on any atom is -0.490 e. The van der Waals surface area contributed by atoms with Crippen LogP contribution in [0.4, 0.5) is 4.39 Å². The minimum atomic E-state index is -0.479. The smallest absolute Gasteiger partial charge is 0.255 e. The molecule has 2 rings (SSSR count). The van der Waals surface area contributed by atoms with E-state index in [4.69, 9.17) is 16.3 Å². The standard InChI is InChI=1S/C17H17ClFNO2/c1-11(2)22-16-6-4-3-5-13(16)17(21)20-10-12-7-8-15(19)14(18)9-12/h3-9,11H,10H2,1-2H3,(H,20,21). The van der Waals surface area contributed by atoms with Crippen LogP contribution < -0.4 is 10.1 Å². The predicted molar refractivity (Wildman–Crippen MR) is 84.8 cm³/mol. The average molecular weight is 322 g/mol. The van der Waals surface area contributed by atoms with Crippen LogP contribution in [0.25, 0.3) is 0 Å². The van der Waals surface area contributed by atoms with E-state index in [0.29, 0.717) is 11.3 Å². The molecule has 0 saturated carbocycles. The van der Waals surface area contributed by atoms with Crippen molar-refractivity contribution in [2.75, 3.05) is 0 Å². The number of carbonyl (C=O) groups excluding carboxylic acids is 1. The van der Waals surface area contributed by atoms with Gasteiger partial charge in [0, 0.05) is 6.54 Å². The van der Waals surface area contributed by atoms with E-state index in [1.807, 2.05) is 19.9 Å². The first kappa shape index (κ1) is 16.3. The van der Waals surface area contributed by atoms with Crippen molar-refractivity contribution in [2.45, 2.75) is 26.5 Å². The maximum absolute atomic E-state index is 13.1. The third-order valence-corrected chi connectivity index (χ3v) is 3.22. The fourth-order valence-electron chi connectivity index (χ4n) is 1.94. The number of hydrogen-bond acceptors (Lipinski definition) is 2. The fourth-order valence-corrected chi connectivity index (χ4v) is 2.14. The van der Waals surface area contributed by atoms with Gasteiger partial charge in [-0.05, 0) is 43.7 Å². The number of carbonyl (C=O) groups is 1. The molecule has 0 atom stereocenters. The number of ether oxygens (including phenoxy) is 1. The average Bonchev–Trinajstić information content (AvgIpc) is 2.48. The highest BCUT2D eigenvalue weighted by Gasteiger charge is 2.13. The van der Waals surface area contributed by atoms with Gasteiger partial charge >= 0.3 is 0 Å². The van der Waals surface area contributed by atoms with Crippen molar-refractivity contribution in [3.8, 4) is 5.75 Å². The van der Waals surface area contributed by atoms with E-state index in [2.05, 4.69) is 5.32 Å². The Morgan fingerprint density at radius 2 is 2.00 bits per heavy atom. The molecular formula is C17H17ClFNO2. The van der Waals surface area contributed by atoms with Crippen molar-refractivity contribution in [3.05, 3.63) is 64.4 Å². The second-order valence-electron chi connectivity index (χ2n) is 5.09. The van der Waals surface area contributed by atoms with E-state index in [1.54, 1.807) is 24.3 Å². The Kier molecular flexibility index (Phi) is 5.39. The highest BCUT2D eigenvalue weighted by atomic mass is 35.5. The molecular weight excluding hydrogens is 305 g/mol. The third-order valence-electron chi connectivity index (χ3n) is 2.93. The van der Waals surface area contributed by atoms with Crippen LogP contribution >= 0.6 is 11.6 Å². The molecule has 3 nitrogen and oxygen atoms in total. The van der Waals surface area contributed by atoms with E-state index in [1.165, 1.54) is 12.1 Å². The fraction of sp³-hybridized carbons (Fsp3) is 0.235. The molecule has 22 heavy (non-hydrogen) atoms. The molecule has 0 aliphatic rings. The molecule has 0 saturated heterocycles. The molecule has 0 aromatic heterocycles. The Labute approximate surface area is 134 Å². The summed E-state index contributed by atoms with van der Waals surface area (Å²) in [6, 6.07) is 11.4. The van der Waals surface area contributed by atoms with E-state index < -0.39 is 5.82 Å². The van der Waals surface area contributed by atoms with Gasteiger partial charge in [0.15, 0.2) is 0 Å². The summed E-state index contributed by atoms with van der Waals surface area (Å²) in [6.45, 7) is 4.05. The molecule has 0 aliphatic carbocycles. The van der Waals surface area contributed by atoms with Gasteiger partial charge in [0.05, 0.1) is 16.7 Å². The maximum Gasteiger partial charge on any atom is 0.255 e. The number of benzene rings is 2. The number of rotatable bonds is 5. The Morgan fingerprint density at radius 1 is 1.27 bits per heavy atom. The zero-order chi connectivity index (χ0) is 16.1. The first-order valence-electron chi connectivity index (χ1n) is 6.95. The Balaban J connectivity index is 2.07. The van der Waals surface area contributed by atoms with Gasteiger partial charge in [-0.1, -0.05) is 29.8 Å². The molecule has 2 aromatic carbocycles. The van der Waals surface area contributed by atoms with Gasteiger partial charge < -0.3 is 10.1 Å². The first-order chi connectivity index (χ1) is 10.5. The number of nitrogens with one attached hydrogen (secondary N) is 1. The van der Waals surface area contributed by atoms with Gasteiger partial charge in [-0.15, -0.1) is 0 Å². The molecule has 2 aromatic rings. The summed E-state index contributed by atoms with van der Waals surface area (Å²) in [4.78, 5) is 12.3. The molecule has 0 bridgehead atoms. The van der Waals surface area contributed by atoms with E-state index in [-0.39, 0.29) is 23.6 Å². The number of hydrogen-bond donors (Lipinski definition) is 1. The topological polar surface area (TPSA) is 38.3 Å². The second kappa shape index (κ2) is 7.27. The largest absolute Gasteiger partial charge is 0.490 e. The summed E-state index contributed by atoms with van der Waals surface area (Å²) < 4.78 is 18.7. The highest BCUT2D eigenvalue weighted by molar-refractivity contribution is 6.30. The van der Waals surface area contributed by atoms with Crippen LogP contribution in [-0.2, 0) is 6.54 Å². The summed E-state index contributed by atoms with van der Waals surface area (Å²) in [7, 11) is 0. The third kappa shape index (κ3) is 4.21. The minimum absolute atomic E-state index is 0.0233. The summed E-state index contributed by atoms with van der Waals surface area (Å²) in [5.74, 6) is -0.198.